The molecule has 2 heterocycles. The molecule has 0 aliphatic carbocycles. The molecule has 0 radical (unpaired) electrons. The fraction of sp³-hybridized carbons (Fsp3) is 0.467. The van der Waals surface area contributed by atoms with Gasteiger partial charge in [-0.1, -0.05) is 74.6 Å². The number of piperazine rings is 1. The molecule has 1 fully saturated rings. The number of hydrogen-bond acceptors (Lipinski definition) is 5. The van der Waals surface area contributed by atoms with Gasteiger partial charge < -0.3 is 4.90 Å². The van der Waals surface area contributed by atoms with Crippen molar-refractivity contribution in [1.82, 2.24) is 19.7 Å². The van der Waals surface area contributed by atoms with E-state index in [1.165, 1.54) is 11.1 Å². The van der Waals surface area contributed by atoms with Crippen molar-refractivity contribution in [3.63, 3.8) is 0 Å². The second-order valence-electron chi connectivity index (χ2n) is 9.45. The fourth-order valence-electron chi connectivity index (χ4n) is 4.46. The summed E-state index contributed by atoms with van der Waals surface area (Å²) in [6.45, 7) is 18.9. The molecular weight excluding hydrogens is 464 g/mol. The minimum atomic E-state index is 0.0881. The zero-order valence-electron chi connectivity index (χ0n) is 22.4. The van der Waals surface area contributed by atoms with Crippen LogP contribution in [0.3, 0.4) is 0 Å². The van der Waals surface area contributed by atoms with E-state index in [9.17, 15) is 4.79 Å². The summed E-state index contributed by atoms with van der Waals surface area (Å²) in [5.74, 6) is 0.221. The molecule has 0 spiro atoms. The van der Waals surface area contributed by atoms with Gasteiger partial charge in [-0.3, -0.25) is 14.6 Å². The SMILES string of the molecule is C=C/C(=C\C=C/CC)c1nc(CN2CCN(CCN(C(=O)CC)C(C)c3ccc(C)cc3)CC2)cs1. The molecule has 0 N–H and O–H groups in total. The van der Waals surface area contributed by atoms with E-state index in [0.29, 0.717) is 6.42 Å². The minimum absolute atomic E-state index is 0.0881. The summed E-state index contributed by atoms with van der Waals surface area (Å²) in [5.41, 5.74) is 4.65. The second-order valence-corrected chi connectivity index (χ2v) is 10.3. The number of carbonyl (C=O) groups is 1. The van der Waals surface area contributed by atoms with E-state index in [-0.39, 0.29) is 11.9 Å². The van der Waals surface area contributed by atoms with E-state index in [1.807, 2.05) is 17.9 Å². The zero-order chi connectivity index (χ0) is 25.9. The van der Waals surface area contributed by atoms with Gasteiger partial charge in [0, 0.05) is 63.2 Å². The van der Waals surface area contributed by atoms with E-state index in [2.05, 4.69) is 85.0 Å². The lowest BCUT2D eigenvalue weighted by molar-refractivity contribution is -0.133. The lowest BCUT2D eigenvalue weighted by Crippen LogP contribution is -2.48. The molecule has 6 heteroatoms. The van der Waals surface area contributed by atoms with Crippen molar-refractivity contribution < 1.29 is 4.79 Å². The summed E-state index contributed by atoms with van der Waals surface area (Å²) in [5, 5.41) is 3.20. The first-order chi connectivity index (χ1) is 17.4. The molecule has 0 saturated carbocycles. The summed E-state index contributed by atoms with van der Waals surface area (Å²) in [7, 11) is 0. The number of nitrogens with zero attached hydrogens (tertiary/aromatic N) is 4. The molecule has 3 rings (SSSR count). The van der Waals surface area contributed by atoms with Crippen LogP contribution < -0.4 is 0 Å². The first kappa shape index (κ1) is 28.0. The van der Waals surface area contributed by atoms with Gasteiger partial charge in [0.1, 0.15) is 5.01 Å². The molecule has 1 aromatic carbocycles. The Balaban J connectivity index is 1.50. The highest BCUT2D eigenvalue weighted by molar-refractivity contribution is 7.10. The number of benzene rings is 1. The highest BCUT2D eigenvalue weighted by Gasteiger charge is 2.23. The van der Waals surface area contributed by atoms with Crippen LogP contribution in [0.4, 0.5) is 0 Å². The maximum Gasteiger partial charge on any atom is 0.222 e. The Bertz CT molecular complexity index is 1030. The van der Waals surface area contributed by atoms with Crippen molar-refractivity contribution in [1.29, 1.82) is 0 Å². The third-order valence-corrected chi connectivity index (χ3v) is 7.76. The predicted octanol–water partition coefficient (Wildman–Crippen LogP) is 6.10. The number of allylic oxidation sites excluding steroid dienone is 5. The van der Waals surface area contributed by atoms with Crippen LogP contribution in [0.5, 0.6) is 0 Å². The van der Waals surface area contributed by atoms with Gasteiger partial charge in [0.25, 0.3) is 0 Å². The number of hydrogen-bond donors (Lipinski definition) is 0. The molecule has 1 aliphatic rings. The van der Waals surface area contributed by atoms with Crippen molar-refractivity contribution in [3.8, 4) is 0 Å². The third-order valence-electron chi connectivity index (χ3n) is 6.82. The Morgan fingerprint density at radius 1 is 1.17 bits per heavy atom. The second kappa shape index (κ2) is 14.3. The van der Waals surface area contributed by atoms with E-state index >= 15 is 0 Å². The van der Waals surface area contributed by atoms with Crippen molar-refractivity contribution in [3.05, 3.63) is 82.4 Å². The largest absolute Gasteiger partial charge is 0.335 e. The molecule has 1 aromatic heterocycles. The number of carbonyl (C=O) groups excluding carboxylic acids is 1. The number of aryl methyl sites for hydroxylation is 1. The zero-order valence-corrected chi connectivity index (χ0v) is 23.3. The van der Waals surface area contributed by atoms with Crippen LogP contribution in [0.2, 0.25) is 0 Å². The third kappa shape index (κ3) is 7.99. The van der Waals surface area contributed by atoms with Crippen LogP contribution in [0, 0.1) is 6.92 Å². The predicted molar refractivity (Wildman–Crippen MR) is 153 cm³/mol. The monoisotopic (exact) mass is 506 g/mol. The first-order valence-electron chi connectivity index (χ1n) is 13.2. The normalized spacial score (nSPS) is 16.4. The maximum absolute atomic E-state index is 12.7. The quantitative estimate of drug-likeness (QED) is 0.326. The first-order valence-corrected chi connectivity index (χ1v) is 14.1. The van der Waals surface area contributed by atoms with E-state index in [4.69, 9.17) is 4.98 Å². The number of aromatic nitrogens is 1. The molecule has 36 heavy (non-hydrogen) atoms. The van der Waals surface area contributed by atoms with Gasteiger partial charge in [-0.2, -0.15) is 0 Å². The maximum atomic E-state index is 12.7. The van der Waals surface area contributed by atoms with Gasteiger partial charge in [-0.25, -0.2) is 4.98 Å². The standard InChI is InChI=1S/C30H42N4OS/c1-6-9-10-11-26(7-2)30-31-28(23-36-30)22-33-18-16-32(17-19-33)20-21-34(29(35)8-3)25(5)27-14-12-24(4)13-15-27/h7,9-15,23,25H,2,6,8,16-22H2,1,3-5H3/b10-9-,26-11+. The van der Waals surface area contributed by atoms with Crippen LogP contribution in [0.15, 0.2) is 60.5 Å². The van der Waals surface area contributed by atoms with Crippen LogP contribution >= 0.6 is 11.3 Å². The molecule has 1 unspecified atom stereocenters. The van der Waals surface area contributed by atoms with Gasteiger partial charge in [-0.15, -0.1) is 11.3 Å². The Kier molecular flexibility index (Phi) is 11.1. The van der Waals surface area contributed by atoms with Gasteiger partial charge in [0.2, 0.25) is 5.91 Å². The lowest BCUT2D eigenvalue weighted by Gasteiger charge is -2.37. The van der Waals surface area contributed by atoms with E-state index in [0.717, 1.165) is 68.5 Å². The number of thiazole rings is 1. The molecule has 5 nitrogen and oxygen atoms in total. The van der Waals surface area contributed by atoms with Gasteiger partial charge in [0.15, 0.2) is 0 Å². The smallest absolute Gasteiger partial charge is 0.222 e. The molecule has 1 amide bonds. The average Bonchev–Trinajstić information content (AvgIpc) is 3.36. The summed E-state index contributed by atoms with van der Waals surface area (Å²) < 4.78 is 0. The Labute approximate surface area is 221 Å². The Morgan fingerprint density at radius 2 is 1.86 bits per heavy atom. The van der Waals surface area contributed by atoms with Crippen LogP contribution in [-0.2, 0) is 11.3 Å². The van der Waals surface area contributed by atoms with E-state index in [1.54, 1.807) is 11.3 Å². The van der Waals surface area contributed by atoms with E-state index < -0.39 is 0 Å². The van der Waals surface area contributed by atoms with Crippen molar-refractivity contribution >= 4 is 22.8 Å². The molecule has 0 bridgehead atoms. The number of rotatable bonds is 12. The molecular formula is C30H42N4OS. The molecule has 1 atom stereocenters. The minimum Gasteiger partial charge on any atom is -0.335 e. The summed E-state index contributed by atoms with van der Waals surface area (Å²) in [6.07, 6.45) is 9.75. The van der Waals surface area contributed by atoms with Crippen molar-refractivity contribution in [2.24, 2.45) is 0 Å². The van der Waals surface area contributed by atoms with Crippen LogP contribution in [-0.4, -0.2) is 64.9 Å². The highest BCUT2D eigenvalue weighted by Crippen LogP contribution is 2.23. The topological polar surface area (TPSA) is 39.7 Å². The summed E-state index contributed by atoms with van der Waals surface area (Å²) in [4.78, 5) is 24.6. The van der Waals surface area contributed by atoms with Gasteiger partial charge in [0.05, 0.1) is 11.7 Å². The van der Waals surface area contributed by atoms with Gasteiger partial charge in [-0.05, 0) is 25.8 Å². The molecule has 1 aliphatic heterocycles. The Hall–Kier alpha value is -2.54. The summed E-state index contributed by atoms with van der Waals surface area (Å²) in [6, 6.07) is 8.64. The highest BCUT2D eigenvalue weighted by atomic mass is 32.1. The van der Waals surface area contributed by atoms with Gasteiger partial charge >= 0.3 is 0 Å². The van der Waals surface area contributed by atoms with Crippen LogP contribution in [0.1, 0.15) is 61.5 Å². The summed E-state index contributed by atoms with van der Waals surface area (Å²) >= 11 is 1.69. The number of amides is 1. The average molecular weight is 507 g/mol. The fourth-order valence-corrected chi connectivity index (χ4v) is 5.29. The molecule has 2 aromatic rings. The van der Waals surface area contributed by atoms with Crippen molar-refractivity contribution in [2.75, 3.05) is 39.3 Å². The molecule has 194 valence electrons. The lowest BCUT2D eigenvalue weighted by atomic mass is 10.0. The van der Waals surface area contributed by atoms with Crippen molar-refractivity contribution in [2.45, 2.75) is 53.1 Å². The van der Waals surface area contributed by atoms with Crippen LogP contribution in [0.25, 0.3) is 5.57 Å². The molecule has 1 saturated heterocycles. The Morgan fingerprint density at radius 3 is 2.50 bits per heavy atom.